The Hall–Kier alpha value is -2.96. The number of anilines is 1. The van der Waals surface area contributed by atoms with E-state index in [4.69, 9.17) is 11.6 Å². The van der Waals surface area contributed by atoms with E-state index >= 15 is 0 Å². The number of nitrogens with one attached hydrogen (secondary N) is 1. The minimum Gasteiger partial charge on any atom is -0.310 e. The highest BCUT2D eigenvalue weighted by atomic mass is 35.5. The van der Waals surface area contributed by atoms with E-state index in [0.29, 0.717) is 16.0 Å². The number of halogens is 1. The van der Waals surface area contributed by atoms with Crippen molar-refractivity contribution in [3.05, 3.63) is 82.3 Å². The van der Waals surface area contributed by atoms with Crippen molar-refractivity contribution in [2.24, 2.45) is 0 Å². The number of hydrogen-bond acceptors (Lipinski definition) is 4. The molecule has 0 radical (unpaired) electrons. The number of benzene rings is 2. The molecule has 2 aromatic heterocycles. The molecule has 2 aromatic carbocycles. The Balaban J connectivity index is 1.55. The van der Waals surface area contributed by atoms with Crippen molar-refractivity contribution in [3.63, 3.8) is 0 Å². The third-order valence-electron chi connectivity index (χ3n) is 4.12. The number of amides is 1. The number of carbonyl (C=O) groups is 1. The van der Waals surface area contributed by atoms with Gasteiger partial charge in [-0.15, -0.1) is 11.3 Å². The van der Waals surface area contributed by atoms with Gasteiger partial charge in [-0.3, -0.25) is 4.79 Å². The SMILES string of the molecule is Cc1cc(NC(=O)Cc2ccc(Cl)cc2)n(-c2nc(-c3ccccc3)cs2)n1. The molecule has 0 aliphatic heterocycles. The average Bonchev–Trinajstić information content (AvgIpc) is 3.31. The van der Waals surface area contributed by atoms with E-state index in [-0.39, 0.29) is 12.3 Å². The minimum atomic E-state index is -0.122. The molecular formula is C21H17ClN4OS. The van der Waals surface area contributed by atoms with E-state index in [1.165, 1.54) is 11.3 Å². The lowest BCUT2D eigenvalue weighted by Gasteiger charge is -2.07. The molecule has 0 bridgehead atoms. The van der Waals surface area contributed by atoms with Gasteiger partial charge in [0.25, 0.3) is 0 Å². The first-order valence-corrected chi connectivity index (χ1v) is 9.96. The molecule has 0 aliphatic rings. The summed E-state index contributed by atoms with van der Waals surface area (Å²) in [6, 6.07) is 19.0. The van der Waals surface area contributed by atoms with Crippen molar-refractivity contribution in [1.29, 1.82) is 0 Å². The maximum Gasteiger partial charge on any atom is 0.229 e. The van der Waals surface area contributed by atoms with Gasteiger partial charge in [-0.1, -0.05) is 54.1 Å². The number of thiazole rings is 1. The lowest BCUT2D eigenvalue weighted by molar-refractivity contribution is -0.115. The van der Waals surface area contributed by atoms with Gasteiger partial charge in [0.1, 0.15) is 5.82 Å². The van der Waals surface area contributed by atoms with Crippen LogP contribution >= 0.6 is 22.9 Å². The normalized spacial score (nSPS) is 10.8. The van der Waals surface area contributed by atoms with E-state index in [9.17, 15) is 4.79 Å². The molecule has 0 fully saturated rings. The van der Waals surface area contributed by atoms with Gasteiger partial charge in [0.2, 0.25) is 11.0 Å². The number of aryl methyl sites for hydroxylation is 1. The fourth-order valence-electron chi connectivity index (χ4n) is 2.81. The van der Waals surface area contributed by atoms with Crippen LogP contribution in [0.1, 0.15) is 11.3 Å². The van der Waals surface area contributed by atoms with Crippen molar-refractivity contribution < 1.29 is 4.79 Å². The summed E-state index contributed by atoms with van der Waals surface area (Å²) in [5.74, 6) is 0.480. The summed E-state index contributed by atoms with van der Waals surface area (Å²) in [5.41, 5.74) is 3.62. The van der Waals surface area contributed by atoms with Crippen LogP contribution in [-0.2, 0) is 11.2 Å². The lowest BCUT2D eigenvalue weighted by Crippen LogP contribution is -2.17. The van der Waals surface area contributed by atoms with E-state index in [1.54, 1.807) is 16.8 Å². The van der Waals surface area contributed by atoms with E-state index in [1.807, 2.05) is 60.8 Å². The zero-order valence-corrected chi connectivity index (χ0v) is 16.7. The second-order valence-electron chi connectivity index (χ2n) is 6.32. The summed E-state index contributed by atoms with van der Waals surface area (Å²) in [6.07, 6.45) is 0.258. The molecule has 0 atom stereocenters. The summed E-state index contributed by atoms with van der Waals surface area (Å²) < 4.78 is 1.67. The largest absolute Gasteiger partial charge is 0.310 e. The van der Waals surface area contributed by atoms with E-state index < -0.39 is 0 Å². The van der Waals surface area contributed by atoms with Crippen LogP contribution < -0.4 is 5.32 Å². The molecule has 0 saturated heterocycles. The van der Waals surface area contributed by atoms with Crippen LogP contribution in [0, 0.1) is 6.92 Å². The Kier molecular flexibility index (Phi) is 5.23. The van der Waals surface area contributed by atoms with Gasteiger partial charge in [-0.25, -0.2) is 4.98 Å². The van der Waals surface area contributed by atoms with Gasteiger partial charge in [-0.2, -0.15) is 9.78 Å². The summed E-state index contributed by atoms with van der Waals surface area (Å²) >= 11 is 7.38. The van der Waals surface area contributed by atoms with Crippen molar-refractivity contribution in [2.45, 2.75) is 13.3 Å². The highest BCUT2D eigenvalue weighted by Gasteiger charge is 2.14. The molecule has 28 heavy (non-hydrogen) atoms. The predicted octanol–water partition coefficient (Wildman–Crippen LogP) is 5.14. The van der Waals surface area contributed by atoms with Crippen LogP contribution in [0.15, 0.2) is 66.0 Å². The predicted molar refractivity (Wildman–Crippen MR) is 113 cm³/mol. The summed E-state index contributed by atoms with van der Waals surface area (Å²) in [6.45, 7) is 1.89. The highest BCUT2D eigenvalue weighted by Crippen LogP contribution is 2.26. The monoisotopic (exact) mass is 408 g/mol. The van der Waals surface area contributed by atoms with Gasteiger partial charge in [0.15, 0.2) is 0 Å². The molecule has 4 rings (SSSR count). The third-order valence-corrected chi connectivity index (χ3v) is 5.19. The Morgan fingerprint density at radius 1 is 1.14 bits per heavy atom. The first-order chi connectivity index (χ1) is 13.6. The molecule has 0 saturated carbocycles. The summed E-state index contributed by atoms with van der Waals surface area (Å²) in [7, 11) is 0. The van der Waals surface area contributed by atoms with Crippen LogP contribution in [0.2, 0.25) is 5.02 Å². The first-order valence-electron chi connectivity index (χ1n) is 8.71. The Labute approximate surface area is 171 Å². The topological polar surface area (TPSA) is 59.8 Å². The van der Waals surface area contributed by atoms with Crippen LogP contribution in [0.25, 0.3) is 16.4 Å². The smallest absolute Gasteiger partial charge is 0.229 e. The van der Waals surface area contributed by atoms with Gasteiger partial charge in [0.05, 0.1) is 17.8 Å². The molecule has 1 amide bonds. The molecule has 0 spiro atoms. The third kappa shape index (κ3) is 4.13. The molecule has 140 valence electrons. The maximum absolute atomic E-state index is 12.5. The van der Waals surface area contributed by atoms with Crippen molar-refractivity contribution in [1.82, 2.24) is 14.8 Å². The standard InChI is InChI=1S/C21H17ClN4OS/c1-14-11-19(24-20(27)12-15-7-9-17(22)10-8-15)26(25-14)21-23-18(13-28-21)16-5-3-2-4-6-16/h2-11,13H,12H2,1H3,(H,24,27). The Morgan fingerprint density at radius 2 is 1.89 bits per heavy atom. The minimum absolute atomic E-state index is 0.122. The lowest BCUT2D eigenvalue weighted by atomic mass is 10.1. The van der Waals surface area contributed by atoms with E-state index in [0.717, 1.165) is 22.5 Å². The second-order valence-corrected chi connectivity index (χ2v) is 7.59. The van der Waals surface area contributed by atoms with Crippen LogP contribution in [0.3, 0.4) is 0 Å². The molecule has 0 unspecified atom stereocenters. The second kappa shape index (κ2) is 7.96. The first kappa shape index (κ1) is 18.4. The fourth-order valence-corrected chi connectivity index (χ4v) is 3.73. The number of nitrogens with zero attached hydrogens (tertiary/aromatic N) is 3. The van der Waals surface area contributed by atoms with Crippen molar-refractivity contribution >= 4 is 34.7 Å². The molecule has 0 aliphatic carbocycles. The fraction of sp³-hybridized carbons (Fsp3) is 0.0952. The van der Waals surface area contributed by atoms with Gasteiger partial charge in [-0.05, 0) is 24.6 Å². The molecule has 1 N–H and O–H groups in total. The Bertz CT molecular complexity index is 1100. The van der Waals surface area contributed by atoms with Crippen LogP contribution in [0.5, 0.6) is 0 Å². The van der Waals surface area contributed by atoms with Gasteiger partial charge in [0, 0.05) is 22.0 Å². The average molecular weight is 409 g/mol. The number of aromatic nitrogens is 3. The molecule has 2 heterocycles. The van der Waals surface area contributed by atoms with Crippen LogP contribution in [0.4, 0.5) is 5.82 Å². The number of hydrogen-bond donors (Lipinski definition) is 1. The quantitative estimate of drug-likeness (QED) is 0.497. The van der Waals surface area contributed by atoms with E-state index in [2.05, 4.69) is 15.4 Å². The number of carbonyl (C=O) groups excluding carboxylic acids is 1. The summed E-state index contributed by atoms with van der Waals surface area (Å²) in [4.78, 5) is 17.2. The number of rotatable bonds is 5. The maximum atomic E-state index is 12.5. The zero-order chi connectivity index (χ0) is 19.5. The van der Waals surface area contributed by atoms with Gasteiger partial charge >= 0.3 is 0 Å². The molecular weight excluding hydrogens is 392 g/mol. The van der Waals surface area contributed by atoms with Gasteiger partial charge < -0.3 is 5.32 Å². The molecule has 7 heteroatoms. The summed E-state index contributed by atoms with van der Waals surface area (Å²) in [5, 5.41) is 10.8. The molecule has 4 aromatic rings. The Morgan fingerprint density at radius 3 is 2.64 bits per heavy atom. The van der Waals surface area contributed by atoms with Crippen molar-refractivity contribution in [3.8, 4) is 16.4 Å². The highest BCUT2D eigenvalue weighted by molar-refractivity contribution is 7.12. The van der Waals surface area contributed by atoms with Crippen molar-refractivity contribution in [2.75, 3.05) is 5.32 Å². The molecule has 5 nitrogen and oxygen atoms in total. The van der Waals surface area contributed by atoms with Crippen LogP contribution in [-0.4, -0.2) is 20.7 Å². The zero-order valence-electron chi connectivity index (χ0n) is 15.1.